The summed E-state index contributed by atoms with van der Waals surface area (Å²) in [6.45, 7) is 1.79. The molecule has 0 atom stereocenters. The van der Waals surface area contributed by atoms with Crippen LogP contribution in [0.3, 0.4) is 0 Å². The number of carbonyl (C=O) groups excluding carboxylic acids is 1. The number of halogens is 1. The molecule has 2 N–H and O–H groups in total. The van der Waals surface area contributed by atoms with Gasteiger partial charge >= 0.3 is 5.97 Å². The molecule has 98 valence electrons. The molecule has 2 aromatic rings. The van der Waals surface area contributed by atoms with Gasteiger partial charge in [-0.05, 0) is 46.6 Å². The fraction of sp³-hybridized carbons (Fsp3) is 0.0833. The largest absolute Gasteiger partial charge is 0.475 e. The summed E-state index contributed by atoms with van der Waals surface area (Å²) in [5.74, 6) is -1.75. The molecule has 6 nitrogen and oxygen atoms in total. The van der Waals surface area contributed by atoms with Crippen molar-refractivity contribution in [1.29, 1.82) is 0 Å². The molecule has 2 aromatic heterocycles. The summed E-state index contributed by atoms with van der Waals surface area (Å²) in [5.41, 5.74) is 0.771. The zero-order valence-electron chi connectivity index (χ0n) is 9.81. The first kappa shape index (κ1) is 13.3. The molecule has 0 spiro atoms. The van der Waals surface area contributed by atoms with E-state index in [1.54, 1.807) is 19.2 Å². The van der Waals surface area contributed by atoms with Gasteiger partial charge in [-0.2, -0.15) is 0 Å². The Labute approximate surface area is 116 Å². The minimum atomic E-state index is -1.23. The van der Waals surface area contributed by atoms with E-state index in [9.17, 15) is 9.59 Å². The lowest BCUT2D eigenvalue weighted by atomic mass is 10.3. The summed E-state index contributed by atoms with van der Waals surface area (Å²) in [7, 11) is 0. The third-order valence-corrected chi connectivity index (χ3v) is 2.75. The Kier molecular flexibility index (Phi) is 3.66. The van der Waals surface area contributed by atoms with Crippen LogP contribution in [-0.2, 0) is 0 Å². The molecule has 0 aromatic carbocycles. The van der Waals surface area contributed by atoms with Gasteiger partial charge in [0.2, 0.25) is 5.76 Å². The average molecular weight is 325 g/mol. The normalized spacial score (nSPS) is 10.2. The van der Waals surface area contributed by atoms with Crippen molar-refractivity contribution in [2.75, 3.05) is 5.32 Å². The number of carboxylic acid groups (broad SMARTS) is 1. The number of nitrogens with one attached hydrogen (secondary N) is 1. The topological polar surface area (TPSA) is 92.4 Å². The lowest BCUT2D eigenvalue weighted by molar-refractivity contribution is 0.0660. The fourth-order valence-corrected chi connectivity index (χ4v) is 1.86. The number of anilines is 1. The summed E-state index contributed by atoms with van der Waals surface area (Å²) in [6, 6.07) is 4.32. The minimum Gasteiger partial charge on any atom is -0.475 e. The molecule has 2 rings (SSSR count). The van der Waals surface area contributed by atoms with Gasteiger partial charge < -0.3 is 14.8 Å². The standard InChI is InChI=1S/C12H9BrN2O4/c1-6-4-7(13)5-14-10(6)15-11(16)8-2-3-9(19-8)12(17)18/h2-5H,1H3,(H,17,18)(H,14,15,16). The number of hydrogen-bond donors (Lipinski definition) is 2. The van der Waals surface area contributed by atoms with Gasteiger partial charge in [0.05, 0.1) is 0 Å². The van der Waals surface area contributed by atoms with Crippen molar-refractivity contribution in [3.05, 3.63) is 46.0 Å². The van der Waals surface area contributed by atoms with Crippen LogP contribution in [0.15, 0.2) is 33.3 Å². The van der Waals surface area contributed by atoms with Crippen LogP contribution >= 0.6 is 15.9 Å². The number of pyridine rings is 1. The number of carboxylic acids is 1. The molecule has 0 fully saturated rings. The van der Waals surface area contributed by atoms with Gasteiger partial charge in [-0.1, -0.05) is 0 Å². The van der Waals surface area contributed by atoms with E-state index in [-0.39, 0.29) is 11.5 Å². The van der Waals surface area contributed by atoms with E-state index in [0.29, 0.717) is 5.82 Å². The minimum absolute atomic E-state index is 0.0819. The van der Waals surface area contributed by atoms with Gasteiger partial charge in [0.25, 0.3) is 5.91 Å². The maximum absolute atomic E-state index is 11.8. The third kappa shape index (κ3) is 3.00. The molecule has 0 bridgehead atoms. The number of carbonyl (C=O) groups is 2. The molecule has 0 saturated carbocycles. The molecule has 7 heteroatoms. The van der Waals surface area contributed by atoms with Crippen molar-refractivity contribution in [3.63, 3.8) is 0 Å². The summed E-state index contributed by atoms with van der Waals surface area (Å²) in [5, 5.41) is 11.2. The number of amides is 1. The van der Waals surface area contributed by atoms with Gasteiger partial charge in [-0.15, -0.1) is 0 Å². The van der Waals surface area contributed by atoms with E-state index in [2.05, 4.69) is 26.2 Å². The molecular formula is C12H9BrN2O4. The zero-order valence-corrected chi connectivity index (χ0v) is 11.4. The first-order chi connectivity index (χ1) is 8.97. The third-order valence-electron chi connectivity index (χ3n) is 2.32. The summed E-state index contributed by atoms with van der Waals surface area (Å²) >= 11 is 3.27. The summed E-state index contributed by atoms with van der Waals surface area (Å²) < 4.78 is 5.69. The van der Waals surface area contributed by atoms with E-state index in [0.717, 1.165) is 10.0 Å². The summed E-state index contributed by atoms with van der Waals surface area (Å²) in [4.78, 5) is 26.5. The monoisotopic (exact) mass is 324 g/mol. The number of aromatic carboxylic acids is 1. The number of aromatic nitrogens is 1. The van der Waals surface area contributed by atoms with Gasteiger partial charge in [0.15, 0.2) is 5.76 Å². The summed E-state index contributed by atoms with van der Waals surface area (Å²) in [6.07, 6.45) is 1.55. The molecule has 0 aliphatic rings. The first-order valence-electron chi connectivity index (χ1n) is 5.24. The quantitative estimate of drug-likeness (QED) is 0.905. The fourth-order valence-electron chi connectivity index (χ4n) is 1.42. The van der Waals surface area contributed by atoms with Crippen LogP contribution in [0.25, 0.3) is 0 Å². The molecular weight excluding hydrogens is 316 g/mol. The van der Waals surface area contributed by atoms with Crippen molar-refractivity contribution in [2.24, 2.45) is 0 Å². The molecule has 0 saturated heterocycles. The van der Waals surface area contributed by atoms with Crippen molar-refractivity contribution >= 4 is 33.6 Å². The highest BCUT2D eigenvalue weighted by Gasteiger charge is 2.16. The van der Waals surface area contributed by atoms with Gasteiger partial charge in [-0.3, -0.25) is 4.79 Å². The first-order valence-corrected chi connectivity index (χ1v) is 6.03. The predicted octanol–water partition coefficient (Wildman–Crippen LogP) is 2.70. The number of nitrogens with zero attached hydrogens (tertiary/aromatic N) is 1. The van der Waals surface area contributed by atoms with Crippen molar-refractivity contribution in [3.8, 4) is 0 Å². The van der Waals surface area contributed by atoms with Crippen molar-refractivity contribution in [2.45, 2.75) is 6.92 Å². The van der Waals surface area contributed by atoms with Crippen LogP contribution in [0.4, 0.5) is 5.82 Å². The lowest BCUT2D eigenvalue weighted by Gasteiger charge is -2.05. The van der Waals surface area contributed by atoms with Crippen molar-refractivity contribution < 1.29 is 19.1 Å². The number of furan rings is 1. The smallest absolute Gasteiger partial charge is 0.371 e. The number of hydrogen-bond acceptors (Lipinski definition) is 4. The molecule has 0 aliphatic carbocycles. The Morgan fingerprint density at radius 3 is 2.63 bits per heavy atom. The molecule has 0 unspecified atom stereocenters. The highest BCUT2D eigenvalue weighted by molar-refractivity contribution is 9.10. The molecule has 0 radical (unpaired) electrons. The van der Waals surface area contributed by atoms with E-state index < -0.39 is 11.9 Å². The molecule has 19 heavy (non-hydrogen) atoms. The van der Waals surface area contributed by atoms with Crippen LogP contribution < -0.4 is 5.32 Å². The van der Waals surface area contributed by atoms with Gasteiger partial charge in [-0.25, -0.2) is 9.78 Å². The van der Waals surface area contributed by atoms with Crippen LogP contribution in [-0.4, -0.2) is 22.0 Å². The van der Waals surface area contributed by atoms with E-state index in [4.69, 9.17) is 9.52 Å². The van der Waals surface area contributed by atoms with Crippen LogP contribution in [0.2, 0.25) is 0 Å². The molecule has 2 heterocycles. The predicted molar refractivity (Wildman–Crippen MR) is 70.3 cm³/mol. The second-order valence-corrected chi connectivity index (χ2v) is 4.66. The number of rotatable bonds is 3. The SMILES string of the molecule is Cc1cc(Br)cnc1NC(=O)c1ccc(C(=O)O)o1. The van der Waals surface area contributed by atoms with Crippen LogP contribution in [0, 0.1) is 6.92 Å². The Bertz CT molecular complexity index is 651. The Balaban J connectivity index is 2.18. The van der Waals surface area contributed by atoms with Crippen LogP contribution in [0.1, 0.15) is 26.7 Å². The van der Waals surface area contributed by atoms with E-state index >= 15 is 0 Å². The Morgan fingerprint density at radius 1 is 1.37 bits per heavy atom. The van der Waals surface area contributed by atoms with Crippen molar-refractivity contribution in [1.82, 2.24) is 4.98 Å². The van der Waals surface area contributed by atoms with Gasteiger partial charge in [0.1, 0.15) is 5.82 Å². The number of aryl methyl sites for hydroxylation is 1. The van der Waals surface area contributed by atoms with Crippen LogP contribution in [0.5, 0.6) is 0 Å². The van der Waals surface area contributed by atoms with E-state index in [1.807, 2.05) is 0 Å². The molecule has 1 amide bonds. The Morgan fingerprint density at radius 2 is 2.05 bits per heavy atom. The molecule has 0 aliphatic heterocycles. The van der Waals surface area contributed by atoms with E-state index in [1.165, 1.54) is 12.1 Å². The lowest BCUT2D eigenvalue weighted by Crippen LogP contribution is -2.13. The second kappa shape index (κ2) is 5.23. The average Bonchev–Trinajstić information content (AvgIpc) is 2.82. The maximum Gasteiger partial charge on any atom is 0.371 e. The second-order valence-electron chi connectivity index (χ2n) is 3.74. The highest BCUT2D eigenvalue weighted by atomic mass is 79.9. The maximum atomic E-state index is 11.8. The van der Waals surface area contributed by atoms with Gasteiger partial charge in [0, 0.05) is 10.7 Å². The highest BCUT2D eigenvalue weighted by Crippen LogP contribution is 2.18. The Hall–Kier alpha value is -2.15. The zero-order chi connectivity index (χ0) is 14.0.